The van der Waals surface area contributed by atoms with Gasteiger partial charge in [-0.15, -0.1) is 0 Å². The van der Waals surface area contributed by atoms with Crippen LogP contribution < -0.4 is 4.74 Å². The molecule has 0 radical (unpaired) electrons. The van der Waals surface area contributed by atoms with Crippen LogP contribution in [0.4, 0.5) is 0 Å². The first-order valence-electron chi connectivity index (χ1n) is 4.87. The maximum atomic E-state index is 10.6. The second-order valence-electron chi connectivity index (χ2n) is 3.36. The largest absolute Gasteiger partial charge is 0.457 e. The lowest BCUT2D eigenvalue weighted by molar-refractivity contribution is 0.112. The van der Waals surface area contributed by atoms with E-state index >= 15 is 0 Å². The molecule has 2 aromatic carbocycles. The van der Waals surface area contributed by atoms with Crippen LogP contribution >= 0.6 is 34.2 Å². The summed E-state index contributed by atoms with van der Waals surface area (Å²) in [5.41, 5.74) is 0.460. The monoisotopic (exact) mass is 358 g/mol. The Bertz CT molecular complexity index is 555. The minimum atomic E-state index is 0.392. The Morgan fingerprint density at radius 2 is 1.88 bits per heavy atom. The maximum absolute atomic E-state index is 10.6. The Hall–Kier alpha value is -1.07. The summed E-state index contributed by atoms with van der Waals surface area (Å²) in [7, 11) is 0. The zero-order valence-corrected chi connectivity index (χ0v) is 11.6. The van der Waals surface area contributed by atoms with Crippen LogP contribution in [-0.2, 0) is 0 Å². The van der Waals surface area contributed by atoms with Crippen molar-refractivity contribution in [3.63, 3.8) is 0 Å². The van der Waals surface area contributed by atoms with Gasteiger partial charge in [0.05, 0.1) is 5.02 Å². The number of aldehydes is 1. The minimum absolute atomic E-state index is 0.392. The highest BCUT2D eigenvalue weighted by atomic mass is 127. The minimum Gasteiger partial charge on any atom is -0.457 e. The number of hydrogen-bond donors (Lipinski definition) is 0. The summed E-state index contributed by atoms with van der Waals surface area (Å²) in [4.78, 5) is 10.6. The highest BCUT2D eigenvalue weighted by Gasteiger charge is 2.03. The number of hydrogen-bond acceptors (Lipinski definition) is 2. The lowest BCUT2D eigenvalue weighted by Gasteiger charge is -2.07. The molecule has 0 aliphatic carbocycles. The molecular weight excluding hydrogens is 350 g/mol. The quantitative estimate of drug-likeness (QED) is 0.594. The summed E-state index contributed by atoms with van der Waals surface area (Å²) in [6, 6.07) is 12.7. The predicted molar refractivity (Wildman–Crippen MR) is 76.1 cm³/mol. The van der Waals surface area contributed by atoms with Gasteiger partial charge in [0.1, 0.15) is 11.5 Å². The molecule has 0 aliphatic rings. The van der Waals surface area contributed by atoms with Crippen molar-refractivity contribution in [1.29, 1.82) is 0 Å². The summed E-state index contributed by atoms with van der Waals surface area (Å²) >= 11 is 8.13. The molecule has 2 aromatic rings. The fourth-order valence-electron chi connectivity index (χ4n) is 1.33. The van der Waals surface area contributed by atoms with Crippen molar-refractivity contribution >= 4 is 40.5 Å². The fraction of sp³-hybridized carbons (Fsp3) is 0. The predicted octanol–water partition coefficient (Wildman–Crippen LogP) is 4.55. The summed E-state index contributed by atoms with van der Waals surface area (Å²) in [5.74, 6) is 1.36. The van der Waals surface area contributed by atoms with Crippen molar-refractivity contribution in [2.45, 2.75) is 0 Å². The fourth-order valence-corrected chi connectivity index (χ4v) is 2.06. The normalized spacial score (nSPS) is 10.0. The molecule has 4 heteroatoms. The number of benzene rings is 2. The highest BCUT2D eigenvalue weighted by molar-refractivity contribution is 14.1. The first-order valence-corrected chi connectivity index (χ1v) is 6.33. The zero-order chi connectivity index (χ0) is 12.3. The molecule has 0 bridgehead atoms. The molecule has 0 atom stereocenters. The lowest BCUT2D eigenvalue weighted by Crippen LogP contribution is -1.87. The van der Waals surface area contributed by atoms with Crippen molar-refractivity contribution < 1.29 is 9.53 Å². The van der Waals surface area contributed by atoms with Gasteiger partial charge in [-0.25, -0.2) is 0 Å². The van der Waals surface area contributed by atoms with Gasteiger partial charge in [0, 0.05) is 15.2 Å². The molecule has 0 saturated carbocycles. The Kier molecular flexibility index (Phi) is 4.02. The molecule has 2 rings (SSSR count). The van der Waals surface area contributed by atoms with Crippen molar-refractivity contribution in [3.05, 3.63) is 56.6 Å². The Morgan fingerprint density at radius 1 is 1.12 bits per heavy atom. The first-order chi connectivity index (χ1) is 8.19. The third kappa shape index (κ3) is 3.20. The van der Waals surface area contributed by atoms with Gasteiger partial charge < -0.3 is 4.74 Å². The second-order valence-corrected chi connectivity index (χ2v) is 5.01. The van der Waals surface area contributed by atoms with Crippen LogP contribution in [0.3, 0.4) is 0 Å². The third-order valence-corrected chi connectivity index (χ3v) is 3.13. The molecule has 17 heavy (non-hydrogen) atoms. The van der Waals surface area contributed by atoms with Crippen molar-refractivity contribution in [3.8, 4) is 11.5 Å². The van der Waals surface area contributed by atoms with E-state index in [4.69, 9.17) is 16.3 Å². The topological polar surface area (TPSA) is 26.3 Å². The molecule has 0 fully saturated rings. The number of carbonyl (C=O) groups excluding carboxylic acids is 1. The molecule has 0 aliphatic heterocycles. The van der Waals surface area contributed by atoms with Crippen LogP contribution in [0, 0.1) is 3.57 Å². The Labute approximate surface area is 118 Å². The molecule has 86 valence electrons. The summed E-state index contributed by atoms with van der Waals surface area (Å²) in [5, 5.41) is 0.392. The van der Waals surface area contributed by atoms with Crippen molar-refractivity contribution in [2.24, 2.45) is 0 Å². The molecule has 0 spiro atoms. The van der Waals surface area contributed by atoms with Crippen LogP contribution in [0.5, 0.6) is 11.5 Å². The van der Waals surface area contributed by atoms with Gasteiger partial charge >= 0.3 is 0 Å². The van der Waals surface area contributed by atoms with E-state index in [1.807, 2.05) is 24.3 Å². The number of halogens is 2. The van der Waals surface area contributed by atoms with Gasteiger partial charge in [-0.3, -0.25) is 4.79 Å². The molecule has 2 nitrogen and oxygen atoms in total. The first kappa shape index (κ1) is 12.4. The number of ether oxygens (including phenoxy) is 1. The Balaban J connectivity index is 2.24. The number of carbonyl (C=O) groups is 1. The Morgan fingerprint density at radius 3 is 2.53 bits per heavy atom. The van der Waals surface area contributed by atoms with Crippen LogP contribution in [0.2, 0.25) is 5.02 Å². The van der Waals surface area contributed by atoms with E-state index in [2.05, 4.69) is 22.6 Å². The summed E-state index contributed by atoms with van der Waals surface area (Å²) in [6.07, 6.45) is 0.720. The van der Waals surface area contributed by atoms with E-state index < -0.39 is 0 Å². The van der Waals surface area contributed by atoms with Crippen molar-refractivity contribution in [2.75, 3.05) is 0 Å². The average molecular weight is 359 g/mol. The third-order valence-electron chi connectivity index (χ3n) is 2.13. The molecular formula is C13H8ClIO2. The zero-order valence-electron chi connectivity index (χ0n) is 8.69. The average Bonchev–Trinajstić information content (AvgIpc) is 2.29. The van der Waals surface area contributed by atoms with E-state index in [9.17, 15) is 4.79 Å². The highest BCUT2D eigenvalue weighted by Crippen LogP contribution is 2.26. The molecule has 0 heterocycles. The van der Waals surface area contributed by atoms with Crippen molar-refractivity contribution in [1.82, 2.24) is 0 Å². The van der Waals surface area contributed by atoms with E-state index in [-0.39, 0.29) is 0 Å². The molecule has 0 unspecified atom stereocenters. The van der Waals surface area contributed by atoms with E-state index in [1.165, 1.54) is 0 Å². The SMILES string of the molecule is O=Cc1ccc(Oc2cccc(I)c2)cc1Cl. The summed E-state index contributed by atoms with van der Waals surface area (Å²) in [6.45, 7) is 0. The van der Waals surface area contributed by atoms with E-state index in [1.54, 1.807) is 18.2 Å². The maximum Gasteiger partial charge on any atom is 0.151 e. The smallest absolute Gasteiger partial charge is 0.151 e. The molecule has 0 saturated heterocycles. The van der Waals surface area contributed by atoms with Gasteiger partial charge in [-0.1, -0.05) is 17.7 Å². The van der Waals surface area contributed by atoms with Gasteiger partial charge in [-0.05, 0) is 52.9 Å². The lowest BCUT2D eigenvalue weighted by atomic mass is 10.2. The van der Waals surface area contributed by atoms with Crippen LogP contribution in [0.15, 0.2) is 42.5 Å². The van der Waals surface area contributed by atoms with E-state index in [0.29, 0.717) is 16.3 Å². The van der Waals surface area contributed by atoms with Gasteiger partial charge in [0.15, 0.2) is 6.29 Å². The molecule has 0 amide bonds. The van der Waals surface area contributed by atoms with E-state index in [0.717, 1.165) is 15.6 Å². The second kappa shape index (κ2) is 5.51. The van der Waals surface area contributed by atoms with Gasteiger partial charge in [-0.2, -0.15) is 0 Å². The van der Waals surface area contributed by atoms with Crippen LogP contribution in [0.1, 0.15) is 10.4 Å². The van der Waals surface area contributed by atoms with Crippen LogP contribution in [-0.4, -0.2) is 6.29 Å². The van der Waals surface area contributed by atoms with Crippen LogP contribution in [0.25, 0.3) is 0 Å². The molecule has 0 N–H and O–H groups in total. The number of rotatable bonds is 3. The van der Waals surface area contributed by atoms with Gasteiger partial charge in [0.2, 0.25) is 0 Å². The summed E-state index contributed by atoms with van der Waals surface area (Å²) < 4.78 is 6.73. The molecule has 0 aromatic heterocycles. The standard InChI is InChI=1S/C13H8ClIO2/c14-13-7-12(5-4-9(13)8-16)17-11-3-1-2-10(15)6-11/h1-8H. The van der Waals surface area contributed by atoms with Gasteiger partial charge in [0.25, 0.3) is 0 Å².